The van der Waals surface area contributed by atoms with Crippen molar-refractivity contribution in [1.82, 2.24) is 30.0 Å². The lowest BCUT2D eigenvalue weighted by molar-refractivity contribution is -0.116. The molecular weight excluding hydrogens is 316 g/mol. The molecular formula is C18H18N6O. The maximum Gasteiger partial charge on any atom is 0.245 e. The van der Waals surface area contributed by atoms with Crippen LogP contribution in [-0.4, -0.2) is 30.6 Å². The quantitative estimate of drug-likeness (QED) is 0.723. The van der Waals surface area contributed by atoms with E-state index in [4.69, 9.17) is 0 Å². The summed E-state index contributed by atoms with van der Waals surface area (Å²) < 4.78 is 1.51. The molecule has 1 N–H and O–H groups in total. The molecule has 0 bridgehead atoms. The predicted molar refractivity (Wildman–Crippen MR) is 94.1 cm³/mol. The fourth-order valence-electron chi connectivity index (χ4n) is 2.40. The van der Waals surface area contributed by atoms with Gasteiger partial charge in [0.15, 0.2) is 5.82 Å². The number of aromatic nitrogens is 5. The van der Waals surface area contributed by atoms with Crippen LogP contribution in [0.4, 0.5) is 0 Å². The molecule has 3 rings (SSSR count). The van der Waals surface area contributed by atoms with E-state index < -0.39 is 0 Å². The first-order chi connectivity index (χ1) is 12.1. The number of rotatable bonds is 5. The van der Waals surface area contributed by atoms with Gasteiger partial charge in [-0.25, -0.2) is 19.6 Å². The van der Waals surface area contributed by atoms with E-state index in [1.54, 1.807) is 24.9 Å². The lowest BCUT2D eigenvalue weighted by Gasteiger charge is -2.01. The van der Waals surface area contributed by atoms with Gasteiger partial charge in [-0.15, -0.1) is 5.10 Å². The summed E-state index contributed by atoms with van der Waals surface area (Å²) in [6.07, 6.45) is 9.31. The molecule has 0 radical (unpaired) electrons. The van der Waals surface area contributed by atoms with E-state index in [0.29, 0.717) is 12.4 Å². The first kappa shape index (κ1) is 16.5. The highest BCUT2D eigenvalue weighted by Gasteiger charge is 2.05. The molecule has 25 heavy (non-hydrogen) atoms. The number of aryl methyl sites for hydroxylation is 2. The fourth-order valence-corrected chi connectivity index (χ4v) is 2.40. The maximum atomic E-state index is 11.9. The Bertz CT molecular complexity index is 881. The van der Waals surface area contributed by atoms with Crippen LogP contribution in [0.25, 0.3) is 17.6 Å². The maximum absolute atomic E-state index is 11.9. The van der Waals surface area contributed by atoms with Gasteiger partial charge in [-0.3, -0.25) is 4.79 Å². The first-order valence-corrected chi connectivity index (χ1v) is 7.80. The molecule has 2 aromatic heterocycles. The van der Waals surface area contributed by atoms with E-state index in [9.17, 15) is 4.79 Å². The van der Waals surface area contributed by atoms with Crippen LogP contribution in [0.15, 0.2) is 49.3 Å². The lowest BCUT2D eigenvalue weighted by Crippen LogP contribution is -2.20. The standard InChI is InChI=1S/C18H18N6O/c1-13-5-14(2)7-16(6-13)18-22-12-24(23-18)4-3-17(25)21-10-15-8-19-11-20-9-15/h3-9,11-12H,10H2,1-2H3,(H,21,25)/b4-3+. The first-order valence-electron chi connectivity index (χ1n) is 7.80. The van der Waals surface area contributed by atoms with E-state index >= 15 is 0 Å². The molecule has 0 aliphatic carbocycles. The summed E-state index contributed by atoms with van der Waals surface area (Å²) in [5.74, 6) is 0.394. The second-order valence-electron chi connectivity index (χ2n) is 5.70. The van der Waals surface area contributed by atoms with Gasteiger partial charge in [0, 0.05) is 42.3 Å². The molecule has 0 atom stereocenters. The summed E-state index contributed by atoms with van der Waals surface area (Å²) >= 11 is 0. The SMILES string of the molecule is Cc1cc(C)cc(-c2ncn(/C=C/C(=O)NCc3cncnc3)n2)c1. The van der Waals surface area contributed by atoms with Crippen molar-refractivity contribution in [1.29, 1.82) is 0 Å². The fraction of sp³-hybridized carbons (Fsp3) is 0.167. The van der Waals surface area contributed by atoms with Crippen LogP contribution in [0.5, 0.6) is 0 Å². The highest BCUT2D eigenvalue weighted by atomic mass is 16.1. The largest absolute Gasteiger partial charge is 0.348 e. The Kier molecular flexibility index (Phi) is 4.94. The molecule has 0 aliphatic heterocycles. The normalized spacial score (nSPS) is 11.0. The van der Waals surface area contributed by atoms with Crippen LogP contribution in [0.3, 0.4) is 0 Å². The Balaban J connectivity index is 1.62. The minimum atomic E-state index is -0.229. The van der Waals surface area contributed by atoms with Gasteiger partial charge in [-0.1, -0.05) is 17.2 Å². The summed E-state index contributed by atoms with van der Waals surface area (Å²) in [6.45, 7) is 4.44. The number of nitrogens with one attached hydrogen (secondary N) is 1. The lowest BCUT2D eigenvalue weighted by atomic mass is 10.1. The molecule has 3 aromatic rings. The van der Waals surface area contributed by atoms with Crippen LogP contribution in [0.2, 0.25) is 0 Å². The highest BCUT2D eigenvalue weighted by molar-refractivity contribution is 5.89. The van der Waals surface area contributed by atoms with Gasteiger partial charge in [-0.05, 0) is 26.0 Å². The molecule has 1 amide bonds. The van der Waals surface area contributed by atoms with Gasteiger partial charge in [0.2, 0.25) is 5.91 Å². The number of carbonyl (C=O) groups is 1. The minimum Gasteiger partial charge on any atom is -0.348 e. The van der Waals surface area contributed by atoms with Gasteiger partial charge in [0.25, 0.3) is 0 Å². The third-order valence-corrected chi connectivity index (χ3v) is 3.45. The van der Waals surface area contributed by atoms with Gasteiger partial charge in [0.05, 0.1) is 0 Å². The zero-order valence-corrected chi connectivity index (χ0v) is 14.0. The summed E-state index contributed by atoms with van der Waals surface area (Å²) in [6, 6.07) is 6.17. The molecule has 0 fully saturated rings. The minimum absolute atomic E-state index is 0.229. The molecule has 0 aliphatic rings. The third-order valence-electron chi connectivity index (χ3n) is 3.45. The van der Waals surface area contributed by atoms with Crippen molar-refractivity contribution in [3.05, 3.63) is 66.0 Å². The Hall–Kier alpha value is -3.35. The van der Waals surface area contributed by atoms with Gasteiger partial charge in [-0.2, -0.15) is 0 Å². The Labute approximate surface area is 145 Å². The van der Waals surface area contributed by atoms with E-state index in [1.807, 2.05) is 26.0 Å². The van der Waals surface area contributed by atoms with Crippen molar-refractivity contribution in [2.75, 3.05) is 0 Å². The number of amides is 1. The summed E-state index contributed by atoms with van der Waals surface area (Å²) in [4.78, 5) is 23.9. The van der Waals surface area contributed by atoms with E-state index in [0.717, 1.165) is 22.3 Å². The van der Waals surface area contributed by atoms with Gasteiger partial charge < -0.3 is 5.32 Å². The van der Waals surface area contributed by atoms with Crippen LogP contribution >= 0.6 is 0 Å². The second kappa shape index (κ2) is 7.48. The average Bonchev–Trinajstić information content (AvgIpc) is 3.07. The second-order valence-corrected chi connectivity index (χ2v) is 5.70. The van der Waals surface area contributed by atoms with Crippen molar-refractivity contribution >= 4 is 12.1 Å². The topological polar surface area (TPSA) is 85.6 Å². The van der Waals surface area contributed by atoms with Crippen molar-refractivity contribution in [2.24, 2.45) is 0 Å². The molecule has 0 spiro atoms. The Morgan fingerprint density at radius 2 is 1.88 bits per heavy atom. The average molecular weight is 334 g/mol. The number of nitrogens with zero attached hydrogens (tertiary/aromatic N) is 5. The van der Waals surface area contributed by atoms with Crippen molar-refractivity contribution in [2.45, 2.75) is 20.4 Å². The zero-order chi connectivity index (χ0) is 17.6. The van der Waals surface area contributed by atoms with Crippen LogP contribution in [0, 0.1) is 13.8 Å². The molecule has 0 saturated carbocycles. The molecule has 1 aromatic carbocycles. The Morgan fingerprint density at radius 1 is 1.16 bits per heavy atom. The van der Waals surface area contributed by atoms with Gasteiger partial charge >= 0.3 is 0 Å². The molecule has 7 nitrogen and oxygen atoms in total. The summed E-state index contributed by atoms with van der Waals surface area (Å²) in [7, 11) is 0. The zero-order valence-electron chi connectivity index (χ0n) is 14.0. The molecule has 2 heterocycles. The molecule has 0 saturated heterocycles. The highest BCUT2D eigenvalue weighted by Crippen LogP contribution is 2.18. The van der Waals surface area contributed by atoms with Crippen molar-refractivity contribution < 1.29 is 4.79 Å². The van der Waals surface area contributed by atoms with Crippen LogP contribution < -0.4 is 5.32 Å². The number of carbonyl (C=O) groups excluding carboxylic acids is 1. The summed E-state index contributed by atoms with van der Waals surface area (Å²) in [5, 5.41) is 7.13. The number of hydrogen-bond donors (Lipinski definition) is 1. The van der Waals surface area contributed by atoms with Gasteiger partial charge in [0.1, 0.15) is 12.7 Å². The monoisotopic (exact) mass is 334 g/mol. The predicted octanol–water partition coefficient (Wildman–Crippen LogP) is 2.14. The number of benzene rings is 1. The molecule has 7 heteroatoms. The van der Waals surface area contributed by atoms with E-state index in [2.05, 4.69) is 31.4 Å². The van der Waals surface area contributed by atoms with E-state index in [1.165, 1.54) is 17.1 Å². The molecule has 0 unspecified atom stereocenters. The van der Waals surface area contributed by atoms with E-state index in [-0.39, 0.29) is 5.91 Å². The molecule has 126 valence electrons. The van der Waals surface area contributed by atoms with Crippen molar-refractivity contribution in [3.8, 4) is 11.4 Å². The smallest absolute Gasteiger partial charge is 0.245 e. The van der Waals surface area contributed by atoms with Crippen molar-refractivity contribution in [3.63, 3.8) is 0 Å². The Morgan fingerprint density at radius 3 is 2.60 bits per heavy atom. The third kappa shape index (κ3) is 4.57. The van der Waals surface area contributed by atoms with Crippen LogP contribution in [-0.2, 0) is 11.3 Å². The summed E-state index contributed by atoms with van der Waals surface area (Å²) in [5.41, 5.74) is 4.11. The number of hydrogen-bond acceptors (Lipinski definition) is 5. The van der Waals surface area contributed by atoms with Crippen LogP contribution in [0.1, 0.15) is 16.7 Å².